The molecule has 0 aromatic rings. The van der Waals surface area contributed by atoms with E-state index < -0.39 is 0 Å². The number of hydrogen-bond donors (Lipinski definition) is 0. The molecule has 30 heavy (non-hydrogen) atoms. The van der Waals surface area contributed by atoms with Crippen LogP contribution in [0.3, 0.4) is 0 Å². The zero-order valence-corrected chi connectivity index (χ0v) is 21.9. The van der Waals surface area contributed by atoms with Gasteiger partial charge in [0.2, 0.25) is 0 Å². The molecule has 0 aromatic heterocycles. The summed E-state index contributed by atoms with van der Waals surface area (Å²) in [5.74, 6) is 1.88. The molecule has 0 rings (SSSR count). The molecule has 0 heterocycles. The van der Waals surface area contributed by atoms with Crippen molar-refractivity contribution in [3.8, 4) is 0 Å². The molecule has 0 aliphatic carbocycles. The Labute approximate surface area is 193 Å². The summed E-state index contributed by atoms with van der Waals surface area (Å²) in [5.41, 5.74) is 0. The Morgan fingerprint density at radius 1 is 0.467 bits per heavy atom. The molecular weight excluding hydrogens is 360 g/mol. The monoisotopic (exact) mass is 420 g/mol. The van der Waals surface area contributed by atoms with Gasteiger partial charge in [-0.3, -0.25) is 0 Å². The maximum absolute atomic E-state index is 2.45. The summed E-state index contributed by atoms with van der Waals surface area (Å²) in [6.07, 6.45) is 36.4. The minimum Gasteiger partial charge on any atom is -0.0885 e. The third-order valence-electron chi connectivity index (χ3n) is 6.64. The largest absolute Gasteiger partial charge is 0.0885 e. The Kier molecular flexibility index (Phi) is 24.8. The molecule has 0 aliphatic heterocycles. The summed E-state index contributed by atoms with van der Waals surface area (Å²) in [5, 5.41) is 0. The minimum atomic E-state index is 0.875. The van der Waals surface area contributed by atoms with E-state index >= 15 is 0 Å². The average Bonchev–Trinajstić information content (AvgIpc) is 2.72. The standard InChI is InChI=1S/C30H60/c1-5-7-9-11-12-13-14-15-16-17-18-19-20-21-23-25-27-30(28-29(3)4)26-24-22-10-8-6-2/h15-16,29-30H,5-14,17-28H2,1-4H3/b16-15+. The molecule has 180 valence electrons. The van der Waals surface area contributed by atoms with E-state index in [1.54, 1.807) is 0 Å². The minimum absolute atomic E-state index is 0.875. The van der Waals surface area contributed by atoms with E-state index in [2.05, 4.69) is 39.8 Å². The SMILES string of the molecule is CCCCCCCC/C=C/CCCCCCCCC(CCCCCCC)CC(C)C. The molecule has 0 aliphatic rings. The summed E-state index contributed by atoms with van der Waals surface area (Å²) in [7, 11) is 0. The Balaban J connectivity index is 3.48. The highest BCUT2D eigenvalue weighted by Gasteiger charge is 2.10. The topological polar surface area (TPSA) is 0 Å². The van der Waals surface area contributed by atoms with Gasteiger partial charge in [-0.25, -0.2) is 0 Å². The maximum Gasteiger partial charge on any atom is -0.0351 e. The molecule has 0 spiro atoms. The summed E-state index contributed by atoms with van der Waals surface area (Å²) in [6.45, 7) is 9.43. The van der Waals surface area contributed by atoms with Crippen molar-refractivity contribution in [2.45, 2.75) is 169 Å². The first-order chi connectivity index (χ1) is 14.7. The lowest BCUT2D eigenvalue weighted by molar-refractivity contribution is 0.339. The van der Waals surface area contributed by atoms with Crippen LogP contribution < -0.4 is 0 Å². The highest BCUT2D eigenvalue weighted by molar-refractivity contribution is 4.81. The van der Waals surface area contributed by atoms with Gasteiger partial charge in [0, 0.05) is 0 Å². The fourth-order valence-corrected chi connectivity index (χ4v) is 4.76. The summed E-state index contributed by atoms with van der Waals surface area (Å²) < 4.78 is 0. The first kappa shape index (κ1) is 29.7. The van der Waals surface area contributed by atoms with Gasteiger partial charge in [-0.1, -0.05) is 149 Å². The lowest BCUT2D eigenvalue weighted by Gasteiger charge is -2.19. The molecule has 0 saturated carbocycles. The number of hydrogen-bond acceptors (Lipinski definition) is 0. The lowest BCUT2D eigenvalue weighted by atomic mass is 9.87. The van der Waals surface area contributed by atoms with Crippen molar-refractivity contribution in [2.75, 3.05) is 0 Å². The van der Waals surface area contributed by atoms with Crippen LogP contribution in [0.15, 0.2) is 12.2 Å². The molecular formula is C30H60. The zero-order valence-electron chi connectivity index (χ0n) is 21.9. The third kappa shape index (κ3) is 24.0. The Morgan fingerprint density at radius 2 is 0.833 bits per heavy atom. The molecule has 0 saturated heterocycles. The van der Waals surface area contributed by atoms with Gasteiger partial charge in [-0.05, 0) is 43.9 Å². The van der Waals surface area contributed by atoms with Gasteiger partial charge < -0.3 is 0 Å². The van der Waals surface area contributed by atoms with E-state index in [4.69, 9.17) is 0 Å². The average molecular weight is 421 g/mol. The number of rotatable bonds is 24. The van der Waals surface area contributed by atoms with Crippen LogP contribution in [0, 0.1) is 11.8 Å². The van der Waals surface area contributed by atoms with Crippen LogP contribution in [-0.2, 0) is 0 Å². The van der Waals surface area contributed by atoms with Gasteiger partial charge in [0.25, 0.3) is 0 Å². The van der Waals surface area contributed by atoms with Crippen LogP contribution in [0.2, 0.25) is 0 Å². The second-order valence-electron chi connectivity index (χ2n) is 10.4. The second kappa shape index (κ2) is 25.0. The van der Waals surface area contributed by atoms with Gasteiger partial charge in [0.15, 0.2) is 0 Å². The molecule has 1 atom stereocenters. The number of unbranched alkanes of at least 4 members (excludes halogenated alkanes) is 16. The van der Waals surface area contributed by atoms with Crippen molar-refractivity contribution in [3.05, 3.63) is 12.2 Å². The van der Waals surface area contributed by atoms with Gasteiger partial charge in [0.05, 0.1) is 0 Å². The van der Waals surface area contributed by atoms with Crippen LogP contribution in [-0.4, -0.2) is 0 Å². The molecule has 0 heteroatoms. The first-order valence-corrected chi connectivity index (χ1v) is 14.4. The lowest BCUT2D eigenvalue weighted by Crippen LogP contribution is -2.05. The van der Waals surface area contributed by atoms with Crippen molar-refractivity contribution in [3.63, 3.8) is 0 Å². The van der Waals surface area contributed by atoms with E-state index in [-0.39, 0.29) is 0 Å². The zero-order chi connectivity index (χ0) is 22.1. The molecule has 0 nitrogen and oxygen atoms in total. The van der Waals surface area contributed by atoms with Crippen molar-refractivity contribution in [1.29, 1.82) is 0 Å². The van der Waals surface area contributed by atoms with E-state index in [1.807, 2.05) is 0 Å². The smallest absolute Gasteiger partial charge is 0.0351 e. The normalized spacial score (nSPS) is 13.0. The number of allylic oxidation sites excluding steroid dienone is 2. The highest BCUT2D eigenvalue weighted by Crippen LogP contribution is 2.25. The van der Waals surface area contributed by atoms with Gasteiger partial charge in [-0.15, -0.1) is 0 Å². The predicted octanol–water partition coefficient (Wildman–Crippen LogP) is 11.4. The fraction of sp³-hybridized carbons (Fsp3) is 0.933. The van der Waals surface area contributed by atoms with Crippen molar-refractivity contribution in [2.24, 2.45) is 11.8 Å². The van der Waals surface area contributed by atoms with E-state index in [9.17, 15) is 0 Å². The predicted molar refractivity (Wildman–Crippen MR) is 140 cm³/mol. The quantitative estimate of drug-likeness (QED) is 0.107. The maximum atomic E-state index is 2.45. The molecule has 0 radical (unpaired) electrons. The molecule has 0 fully saturated rings. The van der Waals surface area contributed by atoms with Crippen LogP contribution >= 0.6 is 0 Å². The molecule has 0 aromatic carbocycles. The Hall–Kier alpha value is -0.260. The summed E-state index contributed by atoms with van der Waals surface area (Å²) >= 11 is 0. The van der Waals surface area contributed by atoms with Crippen molar-refractivity contribution >= 4 is 0 Å². The van der Waals surface area contributed by atoms with E-state index in [0.29, 0.717) is 0 Å². The van der Waals surface area contributed by atoms with E-state index in [0.717, 1.165) is 11.8 Å². The molecule has 0 amide bonds. The highest BCUT2D eigenvalue weighted by atomic mass is 14.2. The van der Waals surface area contributed by atoms with Gasteiger partial charge in [-0.2, -0.15) is 0 Å². The Morgan fingerprint density at radius 3 is 1.23 bits per heavy atom. The van der Waals surface area contributed by atoms with Crippen LogP contribution in [0.25, 0.3) is 0 Å². The fourth-order valence-electron chi connectivity index (χ4n) is 4.76. The molecule has 0 N–H and O–H groups in total. The van der Waals surface area contributed by atoms with Gasteiger partial charge in [0.1, 0.15) is 0 Å². The van der Waals surface area contributed by atoms with Gasteiger partial charge >= 0.3 is 0 Å². The summed E-state index contributed by atoms with van der Waals surface area (Å²) in [4.78, 5) is 0. The van der Waals surface area contributed by atoms with Crippen LogP contribution in [0.5, 0.6) is 0 Å². The van der Waals surface area contributed by atoms with Crippen molar-refractivity contribution < 1.29 is 0 Å². The van der Waals surface area contributed by atoms with Crippen LogP contribution in [0.1, 0.15) is 169 Å². The Bertz CT molecular complexity index is 327. The van der Waals surface area contributed by atoms with Crippen LogP contribution in [0.4, 0.5) is 0 Å². The first-order valence-electron chi connectivity index (χ1n) is 14.4. The third-order valence-corrected chi connectivity index (χ3v) is 6.64. The molecule has 0 bridgehead atoms. The van der Waals surface area contributed by atoms with Crippen molar-refractivity contribution in [1.82, 2.24) is 0 Å². The second-order valence-corrected chi connectivity index (χ2v) is 10.4. The van der Waals surface area contributed by atoms with E-state index in [1.165, 1.54) is 141 Å². The summed E-state index contributed by atoms with van der Waals surface area (Å²) in [6, 6.07) is 0. The molecule has 1 unspecified atom stereocenters.